The Kier molecular flexibility index (Phi) is 3.65. The van der Waals surface area contributed by atoms with Crippen LogP contribution >= 0.6 is 46.1 Å². The number of rotatable bonds is 2. The lowest BCUT2D eigenvalue weighted by atomic mass is 10.0. The molecule has 3 rings (SSSR count). The number of hydrogen-bond donors (Lipinski definition) is 1. The lowest BCUT2D eigenvalue weighted by Gasteiger charge is -2.02. The molecule has 1 aromatic carbocycles. The number of benzene rings is 1. The number of aromatic nitrogens is 1. The van der Waals surface area contributed by atoms with E-state index in [4.69, 9.17) is 45.1 Å². The second-order valence-corrected chi connectivity index (χ2v) is 6.74. The second-order valence-electron chi connectivity index (χ2n) is 4.02. The Morgan fingerprint density at radius 3 is 2.60 bits per heavy atom. The van der Waals surface area contributed by atoms with Crippen LogP contribution in [0.2, 0.25) is 13.7 Å². The summed E-state index contributed by atoms with van der Waals surface area (Å²) in [5.74, 6) is 0.763. The molecule has 20 heavy (non-hydrogen) atoms. The number of nitrogens with two attached hydrogens (primary N) is 1. The molecule has 2 N–H and O–H groups in total. The fourth-order valence-corrected chi connectivity index (χ4v) is 3.55. The zero-order valence-electron chi connectivity index (χ0n) is 9.86. The minimum Gasteiger partial charge on any atom is -0.380 e. The van der Waals surface area contributed by atoms with Crippen molar-refractivity contribution in [2.75, 3.05) is 5.73 Å². The number of anilines is 1. The van der Waals surface area contributed by atoms with Gasteiger partial charge in [0.25, 0.3) is 0 Å². The van der Waals surface area contributed by atoms with Crippen LogP contribution in [-0.4, -0.2) is 5.16 Å². The molecule has 2 aromatic heterocycles. The maximum Gasteiger partial charge on any atom is 0.179 e. The summed E-state index contributed by atoms with van der Waals surface area (Å²) in [5.41, 5.74) is 8.03. The normalized spacial score (nSPS) is 10.9. The Morgan fingerprint density at radius 2 is 1.95 bits per heavy atom. The van der Waals surface area contributed by atoms with E-state index in [9.17, 15) is 0 Å². The van der Waals surface area contributed by atoms with Crippen LogP contribution < -0.4 is 5.73 Å². The second kappa shape index (κ2) is 5.30. The van der Waals surface area contributed by atoms with Gasteiger partial charge in [-0.15, -0.1) is 11.3 Å². The summed E-state index contributed by atoms with van der Waals surface area (Å²) in [5, 5.41) is 4.41. The van der Waals surface area contributed by atoms with Crippen molar-refractivity contribution in [3.8, 4) is 22.5 Å². The van der Waals surface area contributed by atoms with Gasteiger partial charge in [-0.25, -0.2) is 0 Å². The number of nitrogens with zero attached hydrogens (tertiary/aromatic N) is 1. The summed E-state index contributed by atoms with van der Waals surface area (Å²) in [6.45, 7) is 0. The average molecular weight is 346 g/mol. The van der Waals surface area contributed by atoms with Crippen LogP contribution in [-0.2, 0) is 0 Å². The van der Waals surface area contributed by atoms with Crippen molar-refractivity contribution in [3.05, 3.63) is 44.0 Å². The first-order chi connectivity index (χ1) is 9.56. The Hall–Kier alpha value is -1.20. The summed E-state index contributed by atoms with van der Waals surface area (Å²) in [6.07, 6.45) is 0. The van der Waals surface area contributed by atoms with E-state index in [-0.39, 0.29) is 5.82 Å². The Bertz CT molecular complexity index is 782. The van der Waals surface area contributed by atoms with E-state index in [0.29, 0.717) is 30.6 Å². The minimum absolute atomic E-state index is 0.278. The maximum absolute atomic E-state index is 6.16. The third-order valence-electron chi connectivity index (χ3n) is 2.73. The molecule has 2 heterocycles. The number of halogens is 3. The standard InChI is InChI=1S/C13H7Cl3N2OS/c14-7-3-1-2-6(4-7)10-11(19-18-13(10)17)8-5-9(15)20-12(8)16/h1-5H,(H2,17,18). The van der Waals surface area contributed by atoms with Crippen molar-refractivity contribution in [1.82, 2.24) is 5.16 Å². The van der Waals surface area contributed by atoms with Crippen molar-refractivity contribution in [2.45, 2.75) is 0 Å². The molecule has 0 aliphatic heterocycles. The SMILES string of the molecule is Nc1noc(-c2cc(Cl)sc2Cl)c1-c1cccc(Cl)c1. The molecule has 0 radical (unpaired) electrons. The van der Waals surface area contributed by atoms with Crippen LogP contribution in [0.4, 0.5) is 5.82 Å². The molecule has 0 aliphatic carbocycles. The van der Waals surface area contributed by atoms with Crippen molar-refractivity contribution in [1.29, 1.82) is 0 Å². The van der Waals surface area contributed by atoms with Gasteiger partial charge in [0.2, 0.25) is 0 Å². The maximum atomic E-state index is 6.16. The van der Waals surface area contributed by atoms with Gasteiger partial charge in [-0.1, -0.05) is 52.1 Å². The molecule has 102 valence electrons. The summed E-state index contributed by atoms with van der Waals surface area (Å²) in [7, 11) is 0. The van der Waals surface area contributed by atoms with Crippen LogP contribution in [0.3, 0.4) is 0 Å². The predicted octanol–water partition coefficient (Wildman–Crippen LogP) is 5.61. The van der Waals surface area contributed by atoms with Crippen molar-refractivity contribution in [2.24, 2.45) is 0 Å². The molecule has 0 unspecified atom stereocenters. The van der Waals surface area contributed by atoms with E-state index in [1.807, 2.05) is 12.1 Å². The smallest absolute Gasteiger partial charge is 0.179 e. The monoisotopic (exact) mass is 344 g/mol. The molecule has 0 bridgehead atoms. The fraction of sp³-hybridized carbons (Fsp3) is 0. The molecule has 0 spiro atoms. The molecule has 0 saturated carbocycles. The van der Waals surface area contributed by atoms with Crippen LogP contribution in [0.15, 0.2) is 34.9 Å². The molecule has 0 amide bonds. The first-order valence-corrected chi connectivity index (χ1v) is 7.47. The Balaban J connectivity index is 2.22. The summed E-state index contributed by atoms with van der Waals surface area (Å²) < 4.78 is 6.40. The zero-order chi connectivity index (χ0) is 14.3. The molecular formula is C13H7Cl3N2OS. The van der Waals surface area contributed by atoms with E-state index < -0.39 is 0 Å². The molecule has 3 nitrogen and oxygen atoms in total. The summed E-state index contributed by atoms with van der Waals surface area (Å²) in [4.78, 5) is 0. The van der Waals surface area contributed by atoms with Crippen molar-refractivity contribution < 1.29 is 4.52 Å². The fourth-order valence-electron chi connectivity index (χ4n) is 1.90. The zero-order valence-corrected chi connectivity index (χ0v) is 12.9. The quantitative estimate of drug-likeness (QED) is 0.656. The summed E-state index contributed by atoms with van der Waals surface area (Å²) >= 11 is 19.4. The van der Waals surface area contributed by atoms with Gasteiger partial charge < -0.3 is 10.3 Å². The van der Waals surface area contributed by atoms with Crippen LogP contribution in [0.5, 0.6) is 0 Å². The highest BCUT2D eigenvalue weighted by molar-refractivity contribution is 7.20. The lowest BCUT2D eigenvalue weighted by Crippen LogP contribution is -1.88. The van der Waals surface area contributed by atoms with Crippen molar-refractivity contribution >= 4 is 52.0 Å². The van der Waals surface area contributed by atoms with Gasteiger partial charge >= 0.3 is 0 Å². The third-order valence-corrected chi connectivity index (χ3v) is 4.46. The molecule has 0 atom stereocenters. The molecular weight excluding hydrogens is 339 g/mol. The van der Waals surface area contributed by atoms with E-state index in [1.165, 1.54) is 11.3 Å². The highest BCUT2D eigenvalue weighted by Gasteiger charge is 2.21. The van der Waals surface area contributed by atoms with E-state index in [2.05, 4.69) is 5.16 Å². The van der Waals surface area contributed by atoms with Gasteiger partial charge in [-0.05, 0) is 23.8 Å². The van der Waals surface area contributed by atoms with Crippen LogP contribution in [0.25, 0.3) is 22.5 Å². The molecule has 3 aromatic rings. The lowest BCUT2D eigenvalue weighted by molar-refractivity contribution is 0.436. The number of nitrogen functional groups attached to an aromatic ring is 1. The Morgan fingerprint density at radius 1 is 1.15 bits per heavy atom. The highest BCUT2D eigenvalue weighted by atomic mass is 35.5. The van der Waals surface area contributed by atoms with Gasteiger partial charge in [0.15, 0.2) is 11.6 Å². The highest BCUT2D eigenvalue weighted by Crippen LogP contribution is 2.44. The van der Waals surface area contributed by atoms with E-state index in [0.717, 1.165) is 5.56 Å². The van der Waals surface area contributed by atoms with Crippen molar-refractivity contribution in [3.63, 3.8) is 0 Å². The first kappa shape index (κ1) is 13.8. The van der Waals surface area contributed by atoms with Gasteiger partial charge in [0.05, 0.1) is 15.5 Å². The van der Waals surface area contributed by atoms with Gasteiger partial charge in [0.1, 0.15) is 4.34 Å². The first-order valence-electron chi connectivity index (χ1n) is 5.52. The van der Waals surface area contributed by atoms with Crippen LogP contribution in [0, 0.1) is 0 Å². The topological polar surface area (TPSA) is 52.0 Å². The number of hydrogen-bond acceptors (Lipinski definition) is 4. The van der Waals surface area contributed by atoms with E-state index in [1.54, 1.807) is 18.2 Å². The summed E-state index contributed by atoms with van der Waals surface area (Å²) in [6, 6.07) is 9.00. The van der Waals surface area contributed by atoms with Crippen LogP contribution in [0.1, 0.15) is 0 Å². The third kappa shape index (κ3) is 2.40. The largest absolute Gasteiger partial charge is 0.380 e. The number of thiophene rings is 1. The predicted molar refractivity (Wildman–Crippen MR) is 84.7 cm³/mol. The molecule has 0 fully saturated rings. The molecule has 7 heteroatoms. The Labute approximate surface area is 133 Å². The molecule has 0 aliphatic rings. The minimum atomic E-state index is 0.278. The van der Waals surface area contributed by atoms with Gasteiger partial charge in [-0.3, -0.25) is 0 Å². The van der Waals surface area contributed by atoms with E-state index >= 15 is 0 Å². The van der Waals surface area contributed by atoms with Gasteiger partial charge in [-0.2, -0.15) is 0 Å². The molecule has 0 saturated heterocycles. The van der Waals surface area contributed by atoms with Gasteiger partial charge in [0, 0.05) is 5.02 Å². The average Bonchev–Trinajstić information content (AvgIpc) is 2.92.